The molecule has 1 amide bonds. The number of ether oxygens (including phenoxy) is 1. The first-order chi connectivity index (χ1) is 13.0. The highest BCUT2D eigenvalue weighted by atomic mass is 16.5. The second-order valence-corrected chi connectivity index (χ2v) is 6.80. The molecule has 0 saturated carbocycles. The third kappa shape index (κ3) is 5.17. The molecule has 0 aliphatic carbocycles. The van der Waals surface area contributed by atoms with Crippen LogP contribution in [0, 0.1) is 12.8 Å². The molecule has 3 rings (SSSR count). The quantitative estimate of drug-likeness (QED) is 0.688. The normalized spacial score (nSPS) is 10.8. The fraction of sp³-hybridized carbons (Fsp3) is 0.286. The molecule has 1 aromatic heterocycles. The lowest BCUT2D eigenvalue weighted by molar-refractivity contribution is -0.123. The number of aromatic nitrogens is 2. The molecular formula is C21H23N3O3. The smallest absolute Gasteiger partial charge is 0.258 e. The van der Waals surface area contributed by atoms with Crippen LogP contribution in [0.2, 0.25) is 0 Å². The van der Waals surface area contributed by atoms with Crippen molar-refractivity contribution in [2.24, 2.45) is 5.92 Å². The van der Waals surface area contributed by atoms with E-state index in [1.54, 1.807) is 12.1 Å². The molecule has 2 aromatic carbocycles. The first kappa shape index (κ1) is 18.6. The number of amides is 1. The van der Waals surface area contributed by atoms with Crippen LogP contribution in [-0.2, 0) is 4.79 Å². The summed E-state index contributed by atoms with van der Waals surface area (Å²) in [5, 5.41) is 6.85. The lowest BCUT2D eigenvalue weighted by Gasteiger charge is -2.09. The summed E-state index contributed by atoms with van der Waals surface area (Å²) in [6.45, 7) is 6.75. The second kappa shape index (κ2) is 8.49. The minimum absolute atomic E-state index is 0.00973. The molecule has 1 N–H and O–H groups in total. The lowest BCUT2D eigenvalue weighted by Crippen LogP contribution is -2.31. The van der Waals surface area contributed by atoms with Gasteiger partial charge in [0, 0.05) is 17.7 Å². The Balaban J connectivity index is 1.60. The topological polar surface area (TPSA) is 77.2 Å². The van der Waals surface area contributed by atoms with E-state index in [9.17, 15) is 4.79 Å². The summed E-state index contributed by atoms with van der Waals surface area (Å²) < 4.78 is 10.9. The monoisotopic (exact) mass is 365 g/mol. The Labute approximate surface area is 158 Å². The molecule has 0 fully saturated rings. The van der Waals surface area contributed by atoms with Crippen molar-refractivity contribution in [2.45, 2.75) is 20.8 Å². The Kier molecular flexibility index (Phi) is 5.86. The molecular weight excluding hydrogens is 342 g/mol. The zero-order valence-electron chi connectivity index (χ0n) is 15.7. The van der Waals surface area contributed by atoms with Gasteiger partial charge < -0.3 is 14.6 Å². The van der Waals surface area contributed by atoms with Gasteiger partial charge in [-0.3, -0.25) is 4.79 Å². The standard InChI is InChI=1S/C21H23N3O3/c1-14(2)12-22-19(25)13-26-18-10-8-17(9-11-18)21-23-20(24-27-21)16-6-4-15(3)5-7-16/h4-11,14H,12-13H2,1-3H3,(H,22,25). The van der Waals surface area contributed by atoms with Crippen molar-refractivity contribution in [2.75, 3.05) is 13.2 Å². The number of carbonyl (C=O) groups is 1. The predicted octanol–water partition coefficient (Wildman–Crippen LogP) is 3.86. The molecule has 1 heterocycles. The van der Waals surface area contributed by atoms with Gasteiger partial charge >= 0.3 is 0 Å². The molecule has 0 unspecified atom stereocenters. The van der Waals surface area contributed by atoms with Crippen molar-refractivity contribution in [3.8, 4) is 28.6 Å². The van der Waals surface area contributed by atoms with Gasteiger partial charge in [0.15, 0.2) is 6.61 Å². The summed E-state index contributed by atoms with van der Waals surface area (Å²) in [6.07, 6.45) is 0. The SMILES string of the molecule is Cc1ccc(-c2noc(-c3ccc(OCC(=O)NCC(C)C)cc3)n2)cc1. The Morgan fingerprint density at radius 2 is 1.74 bits per heavy atom. The van der Waals surface area contributed by atoms with E-state index >= 15 is 0 Å². The zero-order chi connectivity index (χ0) is 19.2. The van der Waals surface area contributed by atoms with Crippen molar-refractivity contribution in [1.29, 1.82) is 0 Å². The van der Waals surface area contributed by atoms with Crippen LogP contribution in [-0.4, -0.2) is 29.2 Å². The maximum atomic E-state index is 11.7. The number of hydrogen-bond donors (Lipinski definition) is 1. The van der Waals surface area contributed by atoms with E-state index in [2.05, 4.69) is 15.5 Å². The maximum absolute atomic E-state index is 11.7. The summed E-state index contributed by atoms with van der Waals surface area (Å²) in [6, 6.07) is 15.2. The van der Waals surface area contributed by atoms with Crippen LogP contribution in [0.4, 0.5) is 0 Å². The van der Waals surface area contributed by atoms with Gasteiger partial charge in [0.05, 0.1) is 0 Å². The van der Waals surface area contributed by atoms with Crippen LogP contribution in [0.1, 0.15) is 19.4 Å². The van der Waals surface area contributed by atoms with Gasteiger partial charge in [0.1, 0.15) is 5.75 Å². The Morgan fingerprint density at radius 3 is 2.41 bits per heavy atom. The van der Waals surface area contributed by atoms with Crippen molar-refractivity contribution in [3.63, 3.8) is 0 Å². The summed E-state index contributed by atoms with van der Waals surface area (Å²) >= 11 is 0. The first-order valence-corrected chi connectivity index (χ1v) is 8.92. The van der Waals surface area contributed by atoms with E-state index in [0.717, 1.165) is 11.1 Å². The molecule has 3 aromatic rings. The fourth-order valence-corrected chi connectivity index (χ4v) is 2.37. The Hall–Kier alpha value is -3.15. The molecule has 0 saturated heterocycles. The van der Waals surface area contributed by atoms with Crippen molar-refractivity contribution >= 4 is 5.91 Å². The summed E-state index contributed by atoms with van der Waals surface area (Å²) in [5.41, 5.74) is 2.87. The summed E-state index contributed by atoms with van der Waals surface area (Å²) in [4.78, 5) is 16.1. The fourth-order valence-electron chi connectivity index (χ4n) is 2.37. The number of rotatable bonds is 7. The minimum atomic E-state index is -0.132. The highest BCUT2D eigenvalue weighted by Gasteiger charge is 2.11. The van der Waals surface area contributed by atoms with Gasteiger partial charge in [-0.25, -0.2) is 0 Å². The summed E-state index contributed by atoms with van der Waals surface area (Å²) in [7, 11) is 0. The Bertz CT molecular complexity index is 884. The number of benzene rings is 2. The van der Waals surface area contributed by atoms with Gasteiger partial charge in [0.2, 0.25) is 5.82 Å². The number of hydrogen-bond acceptors (Lipinski definition) is 5. The highest BCUT2D eigenvalue weighted by Crippen LogP contribution is 2.24. The van der Waals surface area contributed by atoms with Gasteiger partial charge in [-0.05, 0) is 37.1 Å². The average Bonchev–Trinajstić information content (AvgIpc) is 3.16. The molecule has 6 nitrogen and oxygen atoms in total. The van der Waals surface area contributed by atoms with Crippen molar-refractivity contribution < 1.29 is 14.1 Å². The Morgan fingerprint density at radius 1 is 1.07 bits per heavy atom. The van der Waals surface area contributed by atoms with Crippen LogP contribution in [0.5, 0.6) is 5.75 Å². The third-order valence-electron chi connectivity index (χ3n) is 3.91. The highest BCUT2D eigenvalue weighted by molar-refractivity contribution is 5.77. The zero-order valence-corrected chi connectivity index (χ0v) is 15.7. The van der Waals surface area contributed by atoms with Gasteiger partial charge in [-0.1, -0.05) is 48.8 Å². The van der Waals surface area contributed by atoms with Crippen molar-refractivity contribution in [3.05, 3.63) is 54.1 Å². The van der Waals surface area contributed by atoms with Crippen LogP contribution in [0.25, 0.3) is 22.8 Å². The van der Waals surface area contributed by atoms with Crippen LogP contribution < -0.4 is 10.1 Å². The third-order valence-corrected chi connectivity index (χ3v) is 3.91. The first-order valence-electron chi connectivity index (χ1n) is 8.92. The lowest BCUT2D eigenvalue weighted by atomic mass is 10.1. The molecule has 0 aliphatic rings. The van der Waals surface area contributed by atoms with E-state index in [4.69, 9.17) is 9.26 Å². The summed E-state index contributed by atoms with van der Waals surface area (Å²) in [5.74, 6) is 1.87. The molecule has 0 bridgehead atoms. The van der Waals surface area contributed by atoms with E-state index in [1.165, 1.54) is 5.56 Å². The molecule has 0 aliphatic heterocycles. The van der Waals surface area contributed by atoms with Crippen LogP contribution in [0.15, 0.2) is 53.1 Å². The molecule has 6 heteroatoms. The number of nitrogens with zero attached hydrogens (tertiary/aromatic N) is 2. The van der Waals surface area contributed by atoms with Crippen LogP contribution in [0.3, 0.4) is 0 Å². The molecule has 0 spiro atoms. The number of carbonyl (C=O) groups excluding carboxylic acids is 1. The minimum Gasteiger partial charge on any atom is -0.484 e. The van der Waals surface area contributed by atoms with Gasteiger partial charge in [-0.2, -0.15) is 4.98 Å². The molecule has 0 radical (unpaired) electrons. The van der Waals surface area contributed by atoms with E-state index in [1.807, 2.05) is 57.2 Å². The predicted molar refractivity (Wildman–Crippen MR) is 103 cm³/mol. The maximum Gasteiger partial charge on any atom is 0.258 e. The average molecular weight is 365 g/mol. The number of aryl methyl sites for hydroxylation is 1. The second-order valence-electron chi connectivity index (χ2n) is 6.80. The van der Waals surface area contributed by atoms with Crippen LogP contribution >= 0.6 is 0 Å². The van der Waals surface area contributed by atoms with Gasteiger partial charge in [0.25, 0.3) is 11.8 Å². The van der Waals surface area contributed by atoms with E-state index < -0.39 is 0 Å². The molecule has 140 valence electrons. The number of nitrogens with one attached hydrogen (secondary N) is 1. The molecule has 27 heavy (non-hydrogen) atoms. The van der Waals surface area contributed by atoms with E-state index in [0.29, 0.717) is 29.9 Å². The molecule has 0 atom stereocenters. The van der Waals surface area contributed by atoms with Crippen molar-refractivity contribution in [1.82, 2.24) is 15.5 Å². The van der Waals surface area contributed by atoms with E-state index in [-0.39, 0.29) is 12.5 Å². The van der Waals surface area contributed by atoms with Gasteiger partial charge in [-0.15, -0.1) is 0 Å². The largest absolute Gasteiger partial charge is 0.484 e.